The van der Waals surface area contributed by atoms with Crippen LogP contribution < -0.4 is 0 Å². The maximum absolute atomic E-state index is 6.64. The minimum atomic E-state index is 0.615. The molecule has 0 aliphatic heterocycles. The summed E-state index contributed by atoms with van der Waals surface area (Å²) in [5.41, 5.74) is 4.36. The minimum absolute atomic E-state index is 0.615. The number of aromatic nitrogens is 7. The summed E-state index contributed by atoms with van der Waals surface area (Å²) in [5.74, 6) is 0.743. The number of halogens is 1. The van der Waals surface area contributed by atoms with Crippen molar-refractivity contribution in [2.24, 2.45) is 0 Å². The smallest absolute Gasteiger partial charge is 0.194 e. The summed E-state index contributed by atoms with van der Waals surface area (Å²) >= 11 is 8.08. The van der Waals surface area contributed by atoms with E-state index in [4.69, 9.17) is 21.6 Å². The summed E-state index contributed by atoms with van der Waals surface area (Å²) < 4.78 is 1.87. The van der Waals surface area contributed by atoms with E-state index in [-0.39, 0.29) is 0 Å². The lowest BCUT2D eigenvalue weighted by Gasteiger charge is -2.11. The third-order valence-corrected chi connectivity index (χ3v) is 5.82. The number of rotatable bonds is 4. The Hall–Kier alpha value is -2.84. The van der Waals surface area contributed by atoms with Crippen LogP contribution in [0.15, 0.2) is 59.0 Å². The zero-order valence-corrected chi connectivity index (χ0v) is 16.4. The Bertz CT molecular complexity index is 1220. The molecule has 138 valence electrons. The Labute approximate surface area is 170 Å². The molecular weight excluding hydrogens is 394 g/mol. The number of fused-ring (bicyclic) bond motifs is 2. The van der Waals surface area contributed by atoms with Crippen molar-refractivity contribution in [2.45, 2.75) is 29.8 Å². The maximum Gasteiger partial charge on any atom is 0.194 e. The molecule has 0 spiro atoms. The summed E-state index contributed by atoms with van der Waals surface area (Å²) in [4.78, 5) is 27.5. The number of nitrogens with zero attached hydrogens (tertiary/aromatic N) is 7. The molecule has 0 N–H and O–H groups in total. The largest absolute Gasteiger partial charge is 0.290 e. The van der Waals surface area contributed by atoms with E-state index in [0.717, 1.165) is 45.4 Å². The fourth-order valence-corrected chi connectivity index (χ4v) is 4.35. The summed E-state index contributed by atoms with van der Waals surface area (Å²) in [5, 5.41) is 1.38. The highest BCUT2D eigenvalue weighted by Gasteiger charge is 2.27. The van der Waals surface area contributed by atoms with Crippen LogP contribution in [0.3, 0.4) is 0 Å². The van der Waals surface area contributed by atoms with Crippen molar-refractivity contribution < 1.29 is 0 Å². The van der Waals surface area contributed by atoms with E-state index in [1.54, 1.807) is 31.1 Å². The number of allylic oxidation sites excluding steroid dienone is 1. The van der Waals surface area contributed by atoms with E-state index in [1.165, 1.54) is 17.3 Å². The first-order valence-electron chi connectivity index (χ1n) is 8.74. The number of pyridine rings is 1. The van der Waals surface area contributed by atoms with E-state index < -0.39 is 0 Å². The SMILES string of the molecule is CCC1=C(Cl)c2c(nc(Sc3cnc4nccnc4c3)nc2-n2ccnc2)C1. The normalized spacial score (nSPS) is 13.4. The molecule has 4 aromatic heterocycles. The van der Waals surface area contributed by atoms with E-state index in [0.29, 0.717) is 10.8 Å². The number of hydrogen-bond donors (Lipinski definition) is 0. The standard InChI is InChI=1S/C19H14ClN7S/c1-2-11-7-13-15(16(11)20)18(27-6-5-21-10-27)26-19(25-13)28-12-8-14-17(24-9-12)23-4-3-22-14/h3-6,8-10H,2,7H2,1H3. The van der Waals surface area contributed by atoms with Gasteiger partial charge in [0.05, 0.1) is 16.3 Å². The topological polar surface area (TPSA) is 82.3 Å². The Morgan fingerprint density at radius 3 is 2.86 bits per heavy atom. The molecule has 0 unspecified atom stereocenters. The molecule has 0 bridgehead atoms. The van der Waals surface area contributed by atoms with E-state index in [9.17, 15) is 0 Å². The van der Waals surface area contributed by atoms with Crippen molar-refractivity contribution in [1.82, 2.24) is 34.5 Å². The van der Waals surface area contributed by atoms with Gasteiger partial charge in [-0.3, -0.25) is 9.55 Å². The maximum atomic E-state index is 6.64. The summed E-state index contributed by atoms with van der Waals surface area (Å²) in [6.45, 7) is 2.10. The summed E-state index contributed by atoms with van der Waals surface area (Å²) in [7, 11) is 0. The number of imidazole rings is 1. The Kier molecular flexibility index (Phi) is 4.29. The van der Waals surface area contributed by atoms with Gasteiger partial charge in [0.1, 0.15) is 11.8 Å². The number of hydrogen-bond acceptors (Lipinski definition) is 7. The molecule has 9 heteroatoms. The van der Waals surface area contributed by atoms with Gasteiger partial charge in [-0.15, -0.1) is 0 Å². The molecule has 7 nitrogen and oxygen atoms in total. The average molecular weight is 408 g/mol. The monoisotopic (exact) mass is 407 g/mol. The molecule has 5 rings (SSSR count). The van der Waals surface area contributed by atoms with Gasteiger partial charge in [0, 0.05) is 42.3 Å². The predicted octanol–water partition coefficient (Wildman–Crippen LogP) is 4.07. The Balaban J connectivity index is 1.59. The molecule has 0 atom stereocenters. The fourth-order valence-electron chi connectivity index (χ4n) is 3.18. The molecule has 0 radical (unpaired) electrons. The van der Waals surface area contributed by atoms with Crippen molar-refractivity contribution >= 4 is 39.6 Å². The van der Waals surface area contributed by atoms with Crippen LogP contribution >= 0.6 is 23.4 Å². The molecule has 28 heavy (non-hydrogen) atoms. The van der Waals surface area contributed by atoms with Crippen molar-refractivity contribution in [3.63, 3.8) is 0 Å². The van der Waals surface area contributed by atoms with Crippen LogP contribution in [0.5, 0.6) is 0 Å². The highest BCUT2D eigenvalue weighted by molar-refractivity contribution is 7.99. The van der Waals surface area contributed by atoms with Crippen LogP contribution in [0, 0.1) is 0 Å². The minimum Gasteiger partial charge on any atom is -0.290 e. The Morgan fingerprint density at radius 2 is 2.04 bits per heavy atom. The molecule has 1 aliphatic carbocycles. The highest BCUT2D eigenvalue weighted by atomic mass is 35.5. The van der Waals surface area contributed by atoms with Crippen LogP contribution in [-0.2, 0) is 6.42 Å². The van der Waals surface area contributed by atoms with Crippen LogP contribution in [0.4, 0.5) is 0 Å². The third kappa shape index (κ3) is 2.94. The predicted molar refractivity (Wildman–Crippen MR) is 107 cm³/mol. The van der Waals surface area contributed by atoms with Gasteiger partial charge in [-0.05, 0) is 29.8 Å². The van der Waals surface area contributed by atoms with E-state index in [1.807, 2.05) is 16.8 Å². The van der Waals surface area contributed by atoms with Gasteiger partial charge in [-0.25, -0.2) is 24.9 Å². The molecule has 4 heterocycles. The van der Waals surface area contributed by atoms with Crippen LogP contribution in [0.2, 0.25) is 0 Å². The quantitative estimate of drug-likeness (QED) is 0.471. The lowest BCUT2D eigenvalue weighted by atomic mass is 10.2. The molecule has 0 saturated heterocycles. The molecule has 0 aromatic carbocycles. The van der Waals surface area contributed by atoms with Gasteiger partial charge in [-0.2, -0.15) is 0 Å². The zero-order chi connectivity index (χ0) is 19.1. The molecule has 1 aliphatic rings. The first kappa shape index (κ1) is 17.3. The molecule has 0 saturated carbocycles. The van der Waals surface area contributed by atoms with Gasteiger partial charge >= 0.3 is 0 Å². The van der Waals surface area contributed by atoms with Gasteiger partial charge in [-0.1, -0.05) is 18.5 Å². The zero-order valence-electron chi connectivity index (χ0n) is 14.9. The van der Waals surface area contributed by atoms with Crippen LogP contribution in [0.1, 0.15) is 24.6 Å². The second kappa shape index (κ2) is 6.96. The molecular formula is C19H14ClN7S. The first-order valence-corrected chi connectivity index (χ1v) is 9.94. The van der Waals surface area contributed by atoms with E-state index in [2.05, 4.69) is 26.9 Å². The van der Waals surface area contributed by atoms with Gasteiger partial charge in [0.25, 0.3) is 0 Å². The van der Waals surface area contributed by atoms with E-state index >= 15 is 0 Å². The Morgan fingerprint density at radius 1 is 1.14 bits per heavy atom. The summed E-state index contributed by atoms with van der Waals surface area (Å²) in [6.07, 6.45) is 12.0. The second-order valence-corrected chi connectivity index (χ2v) is 7.66. The molecule has 4 aromatic rings. The van der Waals surface area contributed by atoms with Gasteiger partial charge in [0.2, 0.25) is 0 Å². The average Bonchev–Trinajstić information content (AvgIpc) is 3.36. The lowest BCUT2D eigenvalue weighted by Crippen LogP contribution is -2.05. The van der Waals surface area contributed by atoms with Crippen molar-refractivity contribution in [3.05, 3.63) is 60.2 Å². The third-order valence-electron chi connectivity index (χ3n) is 4.54. The molecule has 0 fully saturated rings. The van der Waals surface area contributed by atoms with Gasteiger partial charge < -0.3 is 0 Å². The highest BCUT2D eigenvalue weighted by Crippen LogP contribution is 2.40. The lowest BCUT2D eigenvalue weighted by molar-refractivity contribution is 0.848. The van der Waals surface area contributed by atoms with Crippen LogP contribution in [0.25, 0.3) is 22.0 Å². The van der Waals surface area contributed by atoms with Gasteiger partial charge in [0.15, 0.2) is 16.6 Å². The molecule has 0 amide bonds. The van der Waals surface area contributed by atoms with Crippen LogP contribution in [-0.4, -0.2) is 34.5 Å². The summed E-state index contributed by atoms with van der Waals surface area (Å²) in [6, 6.07) is 1.94. The van der Waals surface area contributed by atoms with Crippen molar-refractivity contribution in [2.75, 3.05) is 0 Å². The fraction of sp³-hybridized carbons (Fsp3) is 0.158. The van der Waals surface area contributed by atoms with Crippen molar-refractivity contribution in [1.29, 1.82) is 0 Å². The second-order valence-electron chi connectivity index (χ2n) is 6.24. The van der Waals surface area contributed by atoms with Crippen molar-refractivity contribution in [3.8, 4) is 5.82 Å². The first-order chi connectivity index (χ1) is 13.7.